The molecule has 28 heavy (non-hydrogen) atoms. The molecule has 0 saturated carbocycles. The number of alkyl halides is 3. The van der Waals surface area contributed by atoms with E-state index >= 15 is 0 Å². The normalized spacial score (nSPS) is 16.2. The lowest BCUT2D eigenvalue weighted by Gasteiger charge is -2.29. The lowest BCUT2D eigenvalue weighted by molar-refractivity contribution is -0.222. The number of hydrogen-bond acceptors (Lipinski definition) is 7. The minimum atomic E-state index is -4.66. The third-order valence-corrected chi connectivity index (χ3v) is 3.46. The fourth-order valence-corrected chi connectivity index (χ4v) is 2.27. The maximum absolute atomic E-state index is 12.8. The molecule has 0 radical (unpaired) electrons. The lowest BCUT2D eigenvalue weighted by Crippen LogP contribution is -2.41. The van der Waals surface area contributed by atoms with Crippen LogP contribution in [0.4, 0.5) is 13.2 Å². The zero-order valence-corrected chi connectivity index (χ0v) is 14.6. The quantitative estimate of drug-likeness (QED) is 0.447. The van der Waals surface area contributed by atoms with Crippen molar-refractivity contribution in [1.82, 2.24) is 9.97 Å². The third kappa shape index (κ3) is 4.27. The molecule has 2 heterocycles. The van der Waals surface area contributed by atoms with Gasteiger partial charge in [0.1, 0.15) is 11.3 Å². The molecular formula is C18H13F3N2O5. The molecule has 0 N–H and O–H groups in total. The van der Waals surface area contributed by atoms with E-state index < -0.39 is 35.6 Å². The van der Waals surface area contributed by atoms with Crippen LogP contribution in [-0.4, -0.2) is 27.7 Å². The molecule has 3 rings (SSSR count). The summed E-state index contributed by atoms with van der Waals surface area (Å²) in [5.41, 5.74) is -1.34. The minimum absolute atomic E-state index is 0.0276. The van der Waals surface area contributed by atoms with E-state index in [1.54, 1.807) is 12.1 Å². The Morgan fingerprint density at radius 2 is 1.71 bits per heavy atom. The number of cyclic esters (lactones) is 2. The number of carbonyl (C=O) groups excluding carboxylic acids is 2. The highest BCUT2D eigenvalue weighted by molar-refractivity contribution is 6.19. The summed E-state index contributed by atoms with van der Waals surface area (Å²) in [6, 6.07) is 6.18. The van der Waals surface area contributed by atoms with Crippen molar-refractivity contribution in [3.63, 3.8) is 0 Å². The van der Waals surface area contributed by atoms with Crippen molar-refractivity contribution in [3.05, 3.63) is 53.4 Å². The van der Waals surface area contributed by atoms with Crippen molar-refractivity contribution in [2.45, 2.75) is 25.8 Å². The Morgan fingerprint density at radius 1 is 1.07 bits per heavy atom. The molecule has 0 aliphatic carbocycles. The highest BCUT2D eigenvalue weighted by Gasteiger charge is 2.39. The molecule has 146 valence electrons. The SMILES string of the molecule is CC1(C)OC(=O)C(=Cc2ccccc2Oc2nccc(C(F)(F)F)n2)C(=O)O1. The van der Waals surface area contributed by atoms with Crippen LogP contribution < -0.4 is 4.74 Å². The van der Waals surface area contributed by atoms with Crippen LogP contribution in [0.2, 0.25) is 0 Å². The lowest BCUT2D eigenvalue weighted by atomic mass is 10.1. The predicted molar refractivity (Wildman–Crippen MR) is 87.8 cm³/mol. The van der Waals surface area contributed by atoms with Gasteiger partial charge >= 0.3 is 24.1 Å². The third-order valence-electron chi connectivity index (χ3n) is 3.46. The van der Waals surface area contributed by atoms with Crippen LogP contribution in [0.1, 0.15) is 25.1 Å². The number of hydrogen-bond donors (Lipinski definition) is 0. The average Bonchev–Trinajstić information content (AvgIpc) is 2.58. The van der Waals surface area contributed by atoms with Gasteiger partial charge in [-0.1, -0.05) is 18.2 Å². The predicted octanol–water partition coefficient (Wildman–Crippen LogP) is 3.51. The minimum Gasteiger partial charge on any atom is -0.424 e. The summed E-state index contributed by atoms with van der Waals surface area (Å²) < 4.78 is 53.7. The van der Waals surface area contributed by atoms with Gasteiger partial charge in [0, 0.05) is 25.6 Å². The Hall–Kier alpha value is -3.43. The number of aromatic nitrogens is 2. The molecule has 0 bridgehead atoms. The molecule has 0 spiro atoms. The number of esters is 2. The van der Waals surface area contributed by atoms with Crippen molar-refractivity contribution < 1.29 is 37.0 Å². The van der Waals surface area contributed by atoms with Gasteiger partial charge in [-0.2, -0.15) is 18.2 Å². The molecule has 0 unspecified atom stereocenters. The van der Waals surface area contributed by atoms with E-state index in [2.05, 4.69) is 9.97 Å². The molecule has 10 heteroatoms. The van der Waals surface area contributed by atoms with Gasteiger partial charge in [0.2, 0.25) is 0 Å². The first-order valence-electron chi connectivity index (χ1n) is 7.91. The molecule has 7 nitrogen and oxygen atoms in total. The summed E-state index contributed by atoms with van der Waals surface area (Å²) in [6.07, 6.45) is -2.60. The number of benzene rings is 1. The monoisotopic (exact) mass is 394 g/mol. The van der Waals surface area contributed by atoms with Crippen molar-refractivity contribution in [2.24, 2.45) is 0 Å². The first-order chi connectivity index (χ1) is 13.0. The molecule has 0 atom stereocenters. The molecular weight excluding hydrogens is 381 g/mol. The zero-order chi connectivity index (χ0) is 20.5. The van der Waals surface area contributed by atoms with E-state index in [4.69, 9.17) is 14.2 Å². The summed E-state index contributed by atoms with van der Waals surface area (Å²) in [6.45, 7) is 2.81. The van der Waals surface area contributed by atoms with Gasteiger partial charge in [-0.05, 0) is 18.2 Å². The topological polar surface area (TPSA) is 87.6 Å². The van der Waals surface area contributed by atoms with E-state index in [-0.39, 0.29) is 16.9 Å². The largest absolute Gasteiger partial charge is 0.433 e. The maximum Gasteiger partial charge on any atom is 0.433 e. The van der Waals surface area contributed by atoms with Gasteiger partial charge < -0.3 is 14.2 Å². The van der Waals surface area contributed by atoms with Crippen molar-refractivity contribution in [1.29, 1.82) is 0 Å². The number of nitrogens with zero attached hydrogens (tertiary/aromatic N) is 2. The van der Waals surface area contributed by atoms with E-state index in [1.807, 2.05) is 0 Å². The van der Waals surface area contributed by atoms with E-state index in [1.165, 1.54) is 26.0 Å². The van der Waals surface area contributed by atoms with Crippen molar-refractivity contribution in [2.75, 3.05) is 0 Å². The maximum atomic E-state index is 12.8. The molecule has 1 aliphatic heterocycles. The molecule has 1 aromatic carbocycles. The fraction of sp³-hybridized carbons (Fsp3) is 0.222. The molecule has 1 aliphatic rings. The van der Waals surface area contributed by atoms with Crippen LogP contribution in [-0.2, 0) is 25.2 Å². The Balaban J connectivity index is 1.93. The van der Waals surface area contributed by atoms with Crippen molar-refractivity contribution >= 4 is 18.0 Å². The van der Waals surface area contributed by atoms with Gasteiger partial charge in [0.25, 0.3) is 5.79 Å². The van der Waals surface area contributed by atoms with Gasteiger partial charge in [-0.25, -0.2) is 14.6 Å². The van der Waals surface area contributed by atoms with Gasteiger partial charge in [0.15, 0.2) is 5.69 Å². The number of carbonyl (C=O) groups is 2. The molecule has 0 amide bonds. The first-order valence-corrected chi connectivity index (χ1v) is 7.91. The summed E-state index contributed by atoms with van der Waals surface area (Å²) in [7, 11) is 0. The average molecular weight is 394 g/mol. The number of halogens is 3. The summed E-state index contributed by atoms with van der Waals surface area (Å²) in [5, 5.41) is 0. The smallest absolute Gasteiger partial charge is 0.424 e. The number of ether oxygens (including phenoxy) is 3. The summed E-state index contributed by atoms with van der Waals surface area (Å²) in [4.78, 5) is 31.1. The Bertz CT molecular complexity index is 948. The van der Waals surface area contributed by atoms with Crippen LogP contribution >= 0.6 is 0 Å². The summed E-state index contributed by atoms with van der Waals surface area (Å²) >= 11 is 0. The second kappa shape index (κ2) is 6.95. The van der Waals surface area contributed by atoms with Gasteiger partial charge in [0.05, 0.1) is 0 Å². The second-order valence-corrected chi connectivity index (χ2v) is 6.10. The van der Waals surface area contributed by atoms with Crippen molar-refractivity contribution in [3.8, 4) is 11.8 Å². The molecule has 1 saturated heterocycles. The van der Waals surface area contributed by atoms with E-state index in [0.29, 0.717) is 6.07 Å². The number of rotatable bonds is 3. The highest BCUT2D eigenvalue weighted by atomic mass is 19.4. The van der Waals surface area contributed by atoms with Gasteiger partial charge in [-0.3, -0.25) is 0 Å². The van der Waals surface area contributed by atoms with Crippen LogP contribution in [0.3, 0.4) is 0 Å². The molecule has 1 aromatic heterocycles. The number of para-hydroxylation sites is 1. The van der Waals surface area contributed by atoms with Crippen LogP contribution in [0.5, 0.6) is 11.8 Å². The Kier molecular flexibility index (Phi) is 4.80. The van der Waals surface area contributed by atoms with Gasteiger partial charge in [-0.15, -0.1) is 0 Å². The van der Waals surface area contributed by atoms with E-state index in [0.717, 1.165) is 12.3 Å². The van der Waals surface area contributed by atoms with Crippen LogP contribution in [0.15, 0.2) is 42.1 Å². The second-order valence-electron chi connectivity index (χ2n) is 6.10. The van der Waals surface area contributed by atoms with E-state index in [9.17, 15) is 22.8 Å². The fourth-order valence-electron chi connectivity index (χ4n) is 2.27. The first kappa shape index (κ1) is 19.3. The molecule has 1 fully saturated rings. The zero-order valence-electron chi connectivity index (χ0n) is 14.6. The standard InChI is InChI=1S/C18H13F3N2O5/c1-17(2)27-14(24)11(15(25)28-17)9-10-5-3-4-6-12(10)26-16-22-8-7-13(23-16)18(19,20)21/h3-9H,1-2H3. The Labute approximate surface area is 156 Å². The van der Waals surface area contributed by atoms with Crippen LogP contribution in [0.25, 0.3) is 6.08 Å². The molecule has 2 aromatic rings. The van der Waals surface area contributed by atoms with Crippen LogP contribution in [0, 0.1) is 0 Å². The highest BCUT2D eigenvalue weighted by Crippen LogP contribution is 2.31. The summed E-state index contributed by atoms with van der Waals surface area (Å²) in [5.74, 6) is -3.16. The Morgan fingerprint density at radius 3 is 2.36 bits per heavy atom.